The molecular weight excluding hydrogens is 218 g/mol. The number of pyridine rings is 1. The SMILES string of the molecule is COC1=CC(=O)c2ncc(Cl)cc2C1=O. The summed E-state index contributed by atoms with van der Waals surface area (Å²) in [5.41, 5.74) is 0.303. The number of Topliss-reactive ketones (excluding diaryl/α,β-unsaturated/α-hetero) is 1. The van der Waals surface area contributed by atoms with E-state index in [4.69, 9.17) is 16.3 Å². The van der Waals surface area contributed by atoms with Crippen molar-refractivity contribution >= 4 is 23.2 Å². The summed E-state index contributed by atoms with van der Waals surface area (Å²) in [7, 11) is 1.33. The minimum absolute atomic E-state index is 0.0107. The Bertz CT molecular complexity index is 493. The van der Waals surface area contributed by atoms with E-state index >= 15 is 0 Å². The molecule has 0 fully saturated rings. The van der Waals surface area contributed by atoms with E-state index in [1.807, 2.05) is 0 Å². The number of hydrogen-bond acceptors (Lipinski definition) is 4. The molecule has 0 spiro atoms. The van der Waals surface area contributed by atoms with Crippen LogP contribution in [-0.2, 0) is 4.74 Å². The fraction of sp³-hybridized carbons (Fsp3) is 0.100. The van der Waals surface area contributed by atoms with Crippen LogP contribution in [0.1, 0.15) is 20.8 Å². The number of carbonyl (C=O) groups is 2. The maximum atomic E-state index is 11.7. The average Bonchev–Trinajstić information content (AvgIpc) is 2.23. The number of carbonyl (C=O) groups excluding carboxylic acids is 2. The first-order valence-electron chi connectivity index (χ1n) is 4.13. The zero-order chi connectivity index (χ0) is 11.0. The highest BCUT2D eigenvalue weighted by atomic mass is 35.5. The van der Waals surface area contributed by atoms with Crippen LogP contribution in [0.25, 0.3) is 0 Å². The largest absolute Gasteiger partial charge is 0.492 e. The maximum absolute atomic E-state index is 11.7. The van der Waals surface area contributed by atoms with Crippen LogP contribution in [0.15, 0.2) is 24.1 Å². The standard InChI is InChI=1S/C10H6ClNO3/c1-15-8-3-7(13)9-6(10(8)14)2-5(11)4-12-9/h2-4H,1H3. The molecule has 0 saturated carbocycles. The third-order valence-corrected chi connectivity index (χ3v) is 2.24. The van der Waals surface area contributed by atoms with Gasteiger partial charge in [0.15, 0.2) is 5.76 Å². The molecule has 0 radical (unpaired) electrons. The van der Waals surface area contributed by atoms with Crippen LogP contribution < -0.4 is 0 Å². The van der Waals surface area contributed by atoms with Gasteiger partial charge in [-0.1, -0.05) is 11.6 Å². The Labute approximate surface area is 90.5 Å². The molecule has 0 atom stereocenters. The van der Waals surface area contributed by atoms with Crippen LogP contribution in [0.4, 0.5) is 0 Å². The summed E-state index contributed by atoms with van der Waals surface area (Å²) in [6, 6.07) is 1.41. The summed E-state index contributed by atoms with van der Waals surface area (Å²) in [4.78, 5) is 27.0. The first-order valence-corrected chi connectivity index (χ1v) is 4.51. The Balaban J connectivity index is 2.62. The molecule has 0 saturated heterocycles. The van der Waals surface area contributed by atoms with E-state index < -0.39 is 0 Å². The van der Waals surface area contributed by atoms with Gasteiger partial charge in [0.25, 0.3) is 0 Å². The van der Waals surface area contributed by atoms with Crippen molar-refractivity contribution in [2.45, 2.75) is 0 Å². The van der Waals surface area contributed by atoms with E-state index in [2.05, 4.69) is 4.98 Å². The number of aromatic nitrogens is 1. The van der Waals surface area contributed by atoms with Crippen molar-refractivity contribution in [3.8, 4) is 0 Å². The van der Waals surface area contributed by atoms with E-state index in [-0.39, 0.29) is 28.6 Å². The molecule has 1 aliphatic rings. The minimum Gasteiger partial charge on any atom is -0.492 e. The van der Waals surface area contributed by atoms with Gasteiger partial charge in [-0.2, -0.15) is 0 Å². The van der Waals surface area contributed by atoms with Gasteiger partial charge in [0.2, 0.25) is 11.6 Å². The Hall–Kier alpha value is -1.68. The average molecular weight is 224 g/mol. The van der Waals surface area contributed by atoms with Crippen molar-refractivity contribution in [3.05, 3.63) is 40.4 Å². The topological polar surface area (TPSA) is 56.3 Å². The zero-order valence-electron chi connectivity index (χ0n) is 7.78. The Morgan fingerprint density at radius 3 is 2.80 bits per heavy atom. The monoisotopic (exact) mass is 223 g/mol. The third-order valence-electron chi connectivity index (χ3n) is 2.04. The molecule has 0 amide bonds. The van der Waals surface area contributed by atoms with Gasteiger partial charge in [0.1, 0.15) is 5.69 Å². The smallest absolute Gasteiger partial charge is 0.230 e. The number of ketones is 2. The fourth-order valence-electron chi connectivity index (χ4n) is 1.35. The minimum atomic E-state index is -0.373. The van der Waals surface area contributed by atoms with Crippen molar-refractivity contribution in [2.24, 2.45) is 0 Å². The summed E-state index contributed by atoms with van der Waals surface area (Å²) in [6.45, 7) is 0. The quantitative estimate of drug-likeness (QED) is 0.726. The van der Waals surface area contributed by atoms with Crippen molar-refractivity contribution in [2.75, 3.05) is 7.11 Å². The summed E-state index contributed by atoms with van der Waals surface area (Å²) in [6.07, 6.45) is 2.46. The van der Waals surface area contributed by atoms with Crippen molar-refractivity contribution in [1.82, 2.24) is 4.98 Å². The molecule has 1 aromatic rings. The molecule has 15 heavy (non-hydrogen) atoms. The summed E-state index contributed by atoms with van der Waals surface area (Å²) >= 11 is 5.69. The third kappa shape index (κ3) is 1.53. The van der Waals surface area contributed by atoms with E-state index in [1.54, 1.807) is 0 Å². The number of nitrogens with zero attached hydrogens (tertiary/aromatic N) is 1. The second-order valence-electron chi connectivity index (χ2n) is 2.96. The van der Waals surface area contributed by atoms with Gasteiger partial charge < -0.3 is 4.74 Å². The number of ether oxygens (including phenoxy) is 1. The van der Waals surface area contributed by atoms with Crippen LogP contribution in [0.2, 0.25) is 5.02 Å². The van der Waals surface area contributed by atoms with Gasteiger partial charge in [-0.3, -0.25) is 14.6 Å². The van der Waals surface area contributed by atoms with E-state index in [0.717, 1.165) is 6.08 Å². The highest BCUT2D eigenvalue weighted by molar-refractivity contribution is 6.32. The van der Waals surface area contributed by atoms with Gasteiger partial charge in [-0.15, -0.1) is 0 Å². The molecule has 0 aliphatic heterocycles. The molecule has 0 N–H and O–H groups in total. The number of fused-ring (bicyclic) bond motifs is 1. The highest BCUT2D eigenvalue weighted by Crippen LogP contribution is 2.22. The highest BCUT2D eigenvalue weighted by Gasteiger charge is 2.27. The van der Waals surface area contributed by atoms with E-state index in [1.165, 1.54) is 19.4 Å². The second-order valence-corrected chi connectivity index (χ2v) is 3.39. The van der Waals surface area contributed by atoms with Crippen LogP contribution in [-0.4, -0.2) is 23.7 Å². The lowest BCUT2D eigenvalue weighted by Crippen LogP contribution is -2.19. The molecule has 0 unspecified atom stereocenters. The van der Waals surface area contributed by atoms with Crippen LogP contribution in [0, 0.1) is 0 Å². The molecule has 4 nitrogen and oxygen atoms in total. The predicted octanol–water partition coefficient (Wildman–Crippen LogP) is 1.64. The number of rotatable bonds is 1. The van der Waals surface area contributed by atoms with Gasteiger partial charge in [0, 0.05) is 12.3 Å². The van der Waals surface area contributed by atoms with E-state index in [9.17, 15) is 9.59 Å². The number of hydrogen-bond donors (Lipinski definition) is 0. The Kier molecular flexibility index (Phi) is 2.28. The molecule has 0 bridgehead atoms. The van der Waals surface area contributed by atoms with Crippen molar-refractivity contribution < 1.29 is 14.3 Å². The molecule has 1 heterocycles. The summed E-state index contributed by atoms with van der Waals surface area (Å²) in [5.74, 6) is -0.711. The fourth-order valence-corrected chi connectivity index (χ4v) is 1.50. The lowest BCUT2D eigenvalue weighted by molar-refractivity contribution is 0.0914. The molecule has 76 valence electrons. The van der Waals surface area contributed by atoms with Crippen LogP contribution in [0.5, 0.6) is 0 Å². The van der Waals surface area contributed by atoms with E-state index in [0.29, 0.717) is 5.02 Å². The lowest BCUT2D eigenvalue weighted by atomic mass is 9.98. The second kappa shape index (κ2) is 3.47. The van der Waals surface area contributed by atoms with Crippen molar-refractivity contribution in [1.29, 1.82) is 0 Å². The normalized spacial score (nSPS) is 14.7. The molecule has 0 aromatic carbocycles. The van der Waals surface area contributed by atoms with Gasteiger partial charge in [-0.05, 0) is 6.07 Å². The summed E-state index contributed by atoms with van der Waals surface area (Å²) < 4.78 is 4.79. The first-order chi connectivity index (χ1) is 7.13. The maximum Gasteiger partial charge on any atom is 0.230 e. The summed E-state index contributed by atoms with van der Waals surface area (Å²) in [5, 5.41) is 0.312. The Morgan fingerprint density at radius 2 is 2.13 bits per heavy atom. The van der Waals surface area contributed by atoms with Crippen molar-refractivity contribution in [3.63, 3.8) is 0 Å². The number of allylic oxidation sites excluding steroid dienone is 2. The van der Waals surface area contributed by atoms with Crippen LogP contribution >= 0.6 is 11.6 Å². The van der Waals surface area contributed by atoms with Gasteiger partial charge >= 0.3 is 0 Å². The molecule has 1 aromatic heterocycles. The number of methoxy groups -OCH3 is 1. The molecule has 1 aliphatic carbocycles. The predicted molar refractivity (Wildman–Crippen MR) is 53.0 cm³/mol. The lowest BCUT2D eigenvalue weighted by Gasteiger charge is -2.12. The number of halogens is 1. The van der Waals surface area contributed by atoms with Crippen LogP contribution in [0.3, 0.4) is 0 Å². The first kappa shape index (κ1) is 9.86. The van der Waals surface area contributed by atoms with Gasteiger partial charge in [0.05, 0.1) is 17.7 Å². The molecule has 2 rings (SSSR count). The Morgan fingerprint density at radius 1 is 1.40 bits per heavy atom. The molecular formula is C10H6ClNO3. The zero-order valence-corrected chi connectivity index (χ0v) is 8.54. The molecule has 5 heteroatoms. The van der Waals surface area contributed by atoms with Gasteiger partial charge in [-0.25, -0.2) is 0 Å².